The first-order valence-corrected chi connectivity index (χ1v) is 4.78. The minimum absolute atomic E-state index is 0.345. The SMILES string of the molecule is C[C@H](N=S)C(=O)OCCCCCN. The smallest absolute Gasteiger partial charge is 0.331 e. The van der Waals surface area contributed by atoms with Crippen molar-refractivity contribution in [2.45, 2.75) is 32.2 Å². The summed E-state index contributed by atoms with van der Waals surface area (Å²) in [6, 6.07) is -0.524. The van der Waals surface area contributed by atoms with E-state index in [0.29, 0.717) is 13.2 Å². The van der Waals surface area contributed by atoms with Gasteiger partial charge in [0.25, 0.3) is 0 Å². The second-order valence-electron chi connectivity index (χ2n) is 2.80. The van der Waals surface area contributed by atoms with E-state index >= 15 is 0 Å². The molecule has 0 aromatic heterocycles. The molecule has 0 aliphatic carbocycles. The lowest BCUT2D eigenvalue weighted by molar-refractivity contribution is -0.144. The summed E-state index contributed by atoms with van der Waals surface area (Å²) < 4.78 is 8.29. The molecule has 5 heteroatoms. The van der Waals surface area contributed by atoms with E-state index in [-0.39, 0.29) is 5.97 Å². The van der Waals surface area contributed by atoms with E-state index in [1.165, 1.54) is 0 Å². The molecule has 0 aliphatic heterocycles. The maximum atomic E-state index is 11.0. The van der Waals surface area contributed by atoms with Crippen LogP contribution in [0.1, 0.15) is 26.2 Å². The van der Waals surface area contributed by atoms with Crippen LogP contribution in [0.4, 0.5) is 0 Å². The minimum atomic E-state index is -0.524. The number of carbonyl (C=O) groups is 1. The number of esters is 1. The standard InChI is InChI=1S/C8H16N2O2S/c1-7(10-13)8(11)12-6-4-2-3-5-9/h7H,2-6,9H2,1H3/t7-/m0/s1. The highest BCUT2D eigenvalue weighted by molar-refractivity contribution is 7.47. The van der Waals surface area contributed by atoms with E-state index < -0.39 is 6.04 Å². The molecule has 0 spiro atoms. The lowest BCUT2D eigenvalue weighted by Crippen LogP contribution is -2.18. The van der Waals surface area contributed by atoms with Crippen LogP contribution in [-0.2, 0) is 22.0 Å². The normalized spacial score (nSPS) is 12.2. The summed E-state index contributed by atoms with van der Waals surface area (Å²) in [7, 11) is 0. The van der Waals surface area contributed by atoms with Crippen molar-refractivity contribution in [3.63, 3.8) is 0 Å². The van der Waals surface area contributed by atoms with Gasteiger partial charge in [0.2, 0.25) is 0 Å². The molecular formula is C8H16N2O2S. The fraction of sp³-hybridized carbons (Fsp3) is 0.875. The van der Waals surface area contributed by atoms with Crippen LogP contribution in [0.3, 0.4) is 0 Å². The molecule has 0 saturated carbocycles. The monoisotopic (exact) mass is 204 g/mol. The second-order valence-corrected chi connectivity index (χ2v) is 3.01. The van der Waals surface area contributed by atoms with Crippen molar-refractivity contribution < 1.29 is 9.53 Å². The van der Waals surface area contributed by atoms with E-state index in [0.717, 1.165) is 19.3 Å². The number of rotatable bonds is 7. The van der Waals surface area contributed by atoms with Gasteiger partial charge in [0, 0.05) is 12.4 Å². The Bertz CT molecular complexity index is 164. The Labute approximate surface area is 84.0 Å². The third-order valence-corrected chi connectivity index (χ3v) is 1.91. The zero-order valence-electron chi connectivity index (χ0n) is 7.86. The number of ether oxygens (including phenoxy) is 1. The molecule has 0 bridgehead atoms. The number of carbonyl (C=O) groups excluding carboxylic acids is 1. The molecule has 0 saturated heterocycles. The third-order valence-electron chi connectivity index (χ3n) is 1.59. The summed E-state index contributed by atoms with van der Waals surface area (Å²) in [4.78, 5) is 11.0. The molecule has 0 aliphatic rings. The van der Waals surface area contributed by atoms with Crippen LogP contribution < -0.4 is 5.73 Å². The average molecular weight is 204 g/mol. The Balaban J connectivity index is 3.32. The predicted molar refractivity (Wildman–Crippen MR) is 53.1 cm³/mol. The number of hydrogen-bond acceptors (Lipinski definition) is 5. The number of nitrogens with zero attached hydrogens (tertiary/aromatic N) is 1. The fourth-order valence-corrected chi connectivity index (χ4v) is 0.846. The summed E-state index contributed by atoms with van der Waals surface area (Å²) in [5, 5.41) is 0. The first-order valence-electron chi connectivity index (χ1n) is 4.41. The molecule has 2 N–H and O–H groups in total. The fourth-order valence-electron chi connectivity index (χ4n) is 0.760. The summed E-state index contributed by atoms with van der Waals surface area (Å²) in [5.41, 5.74) is 5.30. The number of unbranched alkanes of at least 4 members (excludes halogenated alkanes) is 2. The molecular weight excluding hydrogens is 188 g/mol. The summed E-state index contributed by atoms with van der Waals surface area (Å²) in [5.74, 6) is -0.345. The van der Waals surface area contributed by atoms with Crippen molar-refractivity contribution in [1.82, 2.24) is 0 Å². The largest absolute Gasteiger partial charge is 0.464 e. The van der Waals surface area contributed by atoms with Gasteiger partial charge in [0.1, 0.15) is 0 Å². The third kappa shape index (κ3) is 6.60. The second kappa shape index (κ2) is 8.07. The highest BCUT2D eigenvalue weighted by atomic mass is 32.1. The van der Waals surface area contributed by atoms with Crippen LogP contribution in [0.25, 0.3) is 0 Å². The van der Waals surface area contributed by atoms with Gasteiger partial charge in [-0.3, -0.25) is 0 Å². The van der Waals surface area contributed by atoms with Gasteiger partial charge >= 0.3 is 5.97 Å². The topological polar surface area (TPSA) is 64.7 Å². The van der Waals surface area contributed by atoms with E-state index in [4.69, 9.17) is 10.5 Å². The van der Waals surface area contributed by atoms with Crippen molar-refractivity contribution >= 4 is 18.4 Å². The zero-order chi connectivity index (χ0) is 10.1. The average Bonchev–Trinajstić information content (AvgIpc) is 2.16. The molecule has 1 atom stereocenters. The highest BCUT2D eigenvalue weighted by Gasteiger charge is 2.11. The Morgan fingerprint density at radius 1 is 1.54 bits per heavy atom. The van der Waals surface area contributed by atoms with E-state index in [1.807, 2.05) is 0 Å². The van der Waals surface area contributed by atoms with Crippen LogP contribution in [0, 0.1) is 0 Å². The van der Waals surface area contributed by atoms with Crippen LogP contribution in [0.2, 0.25) is 0 Å². The van der Waals surface area contributed by atoms with Gasteiger partial charge < -0.3 is 10.5 Å². The van der Waals surface area contributed by atoms with Gasteiger partial charge in [-0.2, -0.15) is 0 Å². The molecule has 0 amide bonds. The molecule has 0 aromatic carbocycles. The van der Waals surface area contributed by atoms with Gasteiger partial charge in [0.05, 0.1) is 6.61 Å². The van der Waals surface area contributed by atoms with Crippen molar-refractivity contribution in [2.75, 3.05) is 13.2 Å². The van der Waals surface area contributed by atoms with Gasteiger partial charge in [-0.1, -0.05) is 0 Å². The molecule has 0 fully saturated rings. The summed E-state index contributed by atoms with van der Waals surface area (Å²) >= 11 is 4.38. The van der Waals surface area contributed by atoms with Crippen LogP contribution in [-0.4, -0.2) is 25.2 Å². The zero-order valence-corrected chi connectivity index (χ0v) is 8.68. The van der Waals surface area contributed by atoms with Crippen molar-refractivity contribution in [2.24, 2.45) is 10.1 Å². The van der Waals surface area contributed by atoms with E-state index in [1.54, 1.807) is 6.92 Å². The molecule has 0 rings (SSSR count). The Kier molecular flexibility index (Phi) is 7.73. The maximum Gasteiger partial charge on any atom is 0.331 e. The quantitative estimate of drug-likeness (QED) is 0.491. The first-order chi connectivity index (χ1) is 6.22. The molecule has 0 unspecified atom stereocenters. The van der Waals surface area contributed by atoms with E-state index in [9.17, 15) is 4.79 Å². The van der Waals surface area contributed by atoms with Gasteiger partial charge in [-0.05, 0) is 32.7 Å². The van der Waals surface area contributed by atoms with Crippen LogP contribution >= 0.6 is 0 Å². The highest BCUT2D eigenvalue weighted by Crippen LogP contribution is 1.97. The minimum Gasteiger partial charge on any atom is -0.464 e. The lowest BCUT2D eigenvalue weighted by atomic mass is 10.2. The predicted octanol–water partition coefficient (Wildman–Crippen LogP) is 0.778. The van der Waals surface area contributed by atoms with Crippen molar-refractivity contribution in [1.29, 1.82) is 0 Å². The molecule has 13 heavy (non-hydrogen) atoms. The first kappa shape index (κ1) is 12.4. The van der Waals surface area contributed by atoms with Gasteiger partial charge in [-0.15, -0.1) is 0 Å². The van der Waals surface area contributed by atoms with Crippen LogP contribution in [0.5, 0.6) is 0 Å². The molecule has 0 heterocycles. The van der Waals surface area contributed by atoms with E-state index in [2.05, 4.69) is 16.8 Å². The number of nitrogens with two attached hydrogens (primary N) is 1. The van der Waals surface area contributed by atoms with Crippen molar-refractivity contribution in [3.05, 3.63) is 0 Å². The van der Waals surface area contributed by atoms with Crippen molar-refractivity contribution in [3.8, 4) is 0 Å². The van der Waals surface area contributed by atoms with Gasteiger partial charge in [-0.25, -0.2) is 9.16 Å². The maximum absolute atomic E-state index is 11.0. The molecule has 4 nitrogen and oxygen atoms in total. The Hall–Kier alpha value is -0.550. The Morgan fingerprint density at radius 2 is 2.23 bits per heavy atom. The summed E-state index contributed by atoms with van der Waals surface area (Å²) in [6.45, 7) is 2.75. The molecule has 0 radical (unpaired) electrons. The van der Waals surface area contributed by atoms with Crippen LogP contribution in [0.15, 0.2) is 4.36 Å². The molecule has 76 valence electrons. The number of hydrogen-bond donors (Lipinski definition) is 1. The Morgan fingerprint density at radius 3 is 2.77 bits per heavy atom. The lowest BCUT2D eigenvalue weighted by Gasteiger charge is -2.05. The van der Waals surface area contributed by atoms with Gasteiger partial charge in [0.15, 0.2) is 6.04 Å². The summed E-state index contributed by atoms with van der Waals surface area (Å²) in [6.07, 6.45) is 2.81. The molecule has 0 aromatic rings.